The molecule has 0 amide bonds. The first-order chi connectivity index (χ1) is 9.30. The Morgan fingerprint density at radius 3 is 2.58 bits per heavy atom. The first kappa shape index (κ1) is 15.4. The lowest BCUT2D eigenvalue weighted by atomic mass is 10.1. The van der Waals surface area contributed by atoms with E-state index in [1.165, 1.54) is 11.1 Å². The van der Waals surface area contributed by atoms with Crippen molar-refractivity contribution in [1.82, 2.24) is 4.90 Å². The van der Waals surface area contributed by atoms with Gasteiger partial charge in [0, 0.05) is 26.7 Å². The number of nitrogens with zero attached hydrogens (tertiary/aromatic N) is 1. The Bertz CT molecular complexity index is 409. The lowest BCUT2D eigenvalue weighted by molar-refractivity contribution is 0.150. The van der Waals surface area contributed by atoms with Crippen LogP contribution >= 0.6 is 0 Å². The minimum atomic E-state index is 0.728. The van der Waals surface area contributed by atoms with Gasteiger partial charge in [-0.1, -0.05) is 61.7 Å². The van der Waals surface area contributed by atoms with Gasteiger partial charge in [-0.15, -0.1) is 0 Å². The SMILES string of the molecule is C=C/C=C(\C=C)CN(CCOC)Cc1ccccc1. The van der Waals surface area contributed by atoms with Gasteiger partial charge in [0.25, 0.3) is 0 Å². The number of hydrogen-bond donors (Lipinski definition) is 0. The Kier molecular flexibility index (Phi) is 7.56. The van der Waals surface area contributed by atoms with Gasteiger partial charge >= 0.3 is 0 Å². The van der Waals surface area contributed by atoms with E-state index in [0.29, 0.717) is 0 Å². The minimum Gasteiger partial charge on any atom is -0.383 e. The average Bonchev–Trinajstić information content (AvgIpc) is 2.45. The highest BCUT2D eigenvalue weighted by molar-refractivity contribution is 5.23. The topological polar surface area (TPSA) is 12.5 Å². The maximum Gasteiger partial charge on any atom is 0.0589 e. The van der Waals surface area contributed by atoms with E-state index >= 15 is 0 Å². The van der Waals surface area contributed by atoms with Crippen LogP contribution in [-0.4, -0.2) is 31.7 Å². The van der Waals surface area contributed by atoms with Gasteiger partial charge < -0.3 is 4.74 Å². The van der Waals surface area contributed by atoms with E-state index < -0.39 is 0 Å². The van der Waals surface area contributed by atoms with Crippen LogP contribution in [0.1, 0.15) is 5.56 Å². The zero-order valence-corrected chi connectivity index (χ0v) is 11.7. The van der Waals surface area contributed by atoms with Crippen molar-refractivity contribution in [2.24, 2.45) is 0 Å². The first-order valence-electron chi connectivity index (χ1n) is 6.49. The second kappa shape index (κ2) is 9.31. The molecule has 0 aliphatic rings. The molecule has 0 unspecified atom stereocenters. The first-order valence-corrected chi connectivity index (χ1v) is 6.49. The van der Waals surface area contributed by atoms with Gasteiger partial charge in [0.15, 0.2) is 0 Å². The third kappa shape index (κ3) is 6.18. The molecule has 102 valence electrons. The number of allylic oxidation sites excluding steroid dienone is 2. The molecular weight excluding hydrogens is 234 g/mol. The van der Waals surface area contributed by atoms with Crippen LogP contribution in [0.3, 0.4) is 0 Å². The van der Waals surface area contributed by atoms with E-state index in [9.17, 15) is 0 Å². The zero-order valence-electron chi connectivity index (χ0n) is 11.7. The summed E-state index contributed by atoms with van der Waals surface area (Å²) in [5.74, 6) is 0. The van der Waals surface area contributed by atoms with Crippen molar-refractivity contribution < 1.29 is 4.74 Å². The van der Waals surface area contributed by atoms with Crippen molar-refractivity contribution in [2.45, 2.75) is 6.54 Å². The fourth-order valence-corrected chi connectivity index (χ4v) is 1.87. The van der Waals surface area contributed by atoms with E-state index in [0.717, 1.165) is 26.2 Å². The van der Waals surface area contributed by atoms with Gasteiger partial charge in [-0.25, -0.2) is 0 Å². The van der Waals surface area contributed by atoms with Crippen molar-refractivity contribution in [3.63, 3.8) is 0 Å². The van der Waals surface area contributed by atoms with Gasteiger partial charge in [0.05, 0.1) is 6.61 Å². The molecule has 0 saturated carbocycles. The van der Waals surface area contributed by atoms with Gasteiger partial charge in [-0.2, -0.15) is 0 Å². The molecule has 0 aliphatic carbocycles. The van der Waals surface area contributed by atoms with Crippen LogP contribution in [0.2, 0.25) is 0 Å². The largest absolute Gasteiger partial charge is 0.383 e. The fraction of sp³-hybridized carbons (Fsp3) is 0.294. The summed E-state index contributed by atoms with van der Waals surface area (Å²) in [4.78, 5) is 2.34. The third-order valence-corrected chi connectivity index (χ3v) is 2.86. The molecule has 1 rings (SSSR count). The van der Waals surface area contributed by atoms with Crippen LogP contribution in [0.4, 0.5) is 0 Å². The van der Waals surface area contributed by atoms with E-state index in [-0.39, 0.29) is 0 Å². The molecule has 0 bridgehead atoms. The lowest BCUT2D eigenvalue weighted by Gasteiger charge is -2.22. The molecule has 0 fully saturated rings. The Morgan fingerprint density at radius 2 is 2.00 bits per heavy atom. The maximum absolute atomic E-state index is 5.18. The molecule has 19 heavy (non-hydrogen) atoms. The molecule has 2 heteroatoms. The molecule has 0 N–H and O–H groups in total. The van der Waals surface area contributed by atoms with E-state index in [1.807, 2.05) is 18.2 Å². The summed E-state index contributed by atoms with van der Waals surface area (Å²) >= 11 is 0. The van der Waals surface area contributed by atoms with Crippen molar-refractivity contribution in [3.05, 3.63) is 72.9 Å². The number of rotatable bonds is 9. The summed E-state index contributed by atoms with van der Waals surface area (Å²) in [6, 6.07) is 10.5. The number of ether oxygens (including phenoxy) is 1. The fourth-order valence-electron chi connectivity index (χ4n) is 1.87. The second-order valence-corrected chi connectivity index (χ2v) is 4.37. The molecule has 0 saturated heterocycles. The maximum atomic E-state index is 5.18. The van der Waals surface area contributed by atoms with Crippen LogP contribution in [0.15, 0.2) is 67.3 Å². The summed E-state index contributed by atoms with van der Waals surface area (Å²) < 4.78 is 5.18. The second-order valence-electron chi connectivity index (χ2n) is 4.37. The quantitative estimate of drug-likeness (QED) is 0.628. The monoisotopic (exact) mass is 257 g/mol. The minimum absolute atomic E-state index is 0.728. The van der Waals surface area contributed by atoms with E-state index in [1.54, 1.807) is 13.2 Å². The van der Waals surface area contributed by atoms with Crippen LogP contribution in [0.5, 0.6) is 0 Å². The summed E-state index contributed by atoms with van der Waals surface area (Å²) in [6.07, 6.45) is 5.68. The average molecular weight is 257 g/mol. The molecule has 0 spiro atoms. The lowest BCUT2D eigenvalue weighted by Crippen LogP contribution is -2.28. The molecular formula is C17H23NO. The van der Waals surface area contributed by atoms with Crippen LogP contribution < -0.4 is 0 Å². The van der Waals surface area contributed by atoms with Gasteiger partial charge in [-0.3, -0.25) is 4.90 Å². The predicted molar refractivity (Wildman–Crippen MR) is 82.1 cm³/mol. The van der Waals surface area contributed by atoms with Crippen LogP contribution in [0, 0.1) is 0 Å². The molecule has 1 aromatic rings. The van der Waals surface area contributed by atoms with Crippen molar-refractivity contribution in [1.29, 1.82) is 0 Å². The number of methoxy groups -OCH3 is 1. The number of benzene rings is 1. The highest BCUT2D eigenvalue weighted by Crippen LogP contribution is 2.08. The van der Waals surface area contributed by atoms with Crippen LogP contribution in [0.25, 0.3) is 0 Å². The highest BCUT2D eigenvalue weighted by Gasteiger charge is 2.06. The highest BCUT2D eigenvalue weighted by atomic mass is 16.5. The van der Waals surface area contributed by atoms with Gasteiger partial charge in [0.2, 0.25) is 0 Å². The van der Waals surface area contributed by atoms with Gasteiger partial charge in [0.1, 0.15) is 0 Å². The molecule has 0 aromatic heterocycles. The Hall–Kier alpha value is -1.64. The molecule has 2 nitrogen and oxygen atoms in total. The standard InChI is InChI=1S/C17H23NO/c1-4-9-16(5-2)14-18(12-13-19-3)15-17-10-7-6-8-11-17/h4-11H,1-2,12-15H2,3H3/b16-9+. The normalized spacial score (nSPS) is 11.6. The smallest absolute Gasteiger partial charge is 0.0589 e. The van der Waals surface area contributed by atoms with Crippen LogP contribution in [-0.2, 0) is 11.3 Å². The Balaban J connectivity index is 2.68. The summed E-state index contributed by atoms with van der Waals surface area (Å²) in [6.45, 7) is 11.0. The molecule has 0 radical (unpaired) electrons. The number of hydrogen-bond acceptors (Lipinski definition) is 2. The van der Waals surface area contributed by atoms with Gasteiger partial charge in [-0.05, 0) is 11.1 Å². The summed E-state index contributed by atoms with van der Waals surface area (Å²) in [5.41, 5.74) is 2.47. The summed E-state index contributed by atoms with van der Waals surface area (Å²) in [5, 5.41) is 0. The predicted octanol–water partition coefficient (Wildman–Crippen LogP) is 3.43. The van der Waals surface area contributed by atoms with E-state index in [2.05, 4.69) is 42.3 Å². The molecule has 0 aliphatic heterocycles. The van der Waals surface area contributed by atoms with Crippen molar-refractivity contribution in [3.8, 4) is 0 Å². The summed E-state index contributed by atoms with van der Waals surface area (Å²) in [7, 11) is 1.73. The molecule has 0 atom stereocenters. The third-order valence-electron chi connectivity index (χ3n) is 2.86. The Morgan fingerprint density at radius 1 is 1.26 bits per heavy atom. The van der Waals surface area contributed by atoms with E-state index in [4.69, 9.17) is 4.74 Å². The van der Waals surface area contributed by atoms with Crippen molar-refractivity contribution in [2.75, 3.05) is 26.8 Å². The molecule has 0 heterocycles. The van der Waals surface area contributed by atoms with Crippen molar-refractivity contribution >= 4 is 0 Å². The molecule has 1 aromatic carbocycles. The zero-order chi connectivity index (χ0) is 13.9. The Labute approximate surface area is 116 Å².